The van der Waals surface area contributed by atoms with Gasteiger partial charge < -0.3 is 14.6 Å². The molecule has 3 heterocycles. The fourth-order valence-electron chi connectivity index (χ4n) is 2.73. The average molecular weight is 301 g/mol. The van der Waals surface area contributed by atoms with Gasteiger partial charge in [0.05, 0.1) is 18.2 Å². The molecule has 0 saturated carbocycles. The fraction of sp³-hybridized carbons (Fsp3) is 0.438. The molecule has 3 rings (SSSR count). The fourth-order valence-corrected chi connectivity index (χ4v) is 2.73. The highest BCUT2D eigenvalue weighted by Gasteiger charge is 2.28. The van der Waals surface area contributed by atoms with Crippen LogP contribution in [0.5, 0.6) is 0 Å². The van der Waals surface area contributed by atoms with E-state index in [1.54, 1.807) is 18.5 Å². The van der Waals surface area contributed by atoms with Crippen LogP contribution in [0.2, 0.25) is 0 Å². The predicted molar refractivity (Wildman–Crippen MR) is 79.0 cm³/mol. The molecule has 0 aliphatic carbocycles. The first kappa shape index (κ1) is 14.7. The lowest BCUT2D eigenvalue weighted by Gasteiger charge is -2.32. The van der Waals surface area contributed by atoms with E-state index in [0.717, 1.165) is 18.4 Å². The number of carbonyl (C=O) groups is 1. The third-order valence-corrected chi connectivity index (χ3v) is 3.72. The number of hydrogen-bond donors (Lipinski definition) is 1. The molecule has 0 bridgehead atoms. The maximum atomic E-state index is 12.2. The van der Waals surface area contributed by atoms with Crippen LogP contribution in [-0.4, -0.2) is 28.7 Å². The first-order valence-corrected chi connectivity index (χ1v) is 7.45. The molecule has 1 amide bonds. The van der Waals surface area contributed by atoms with Crippen LogP contribution in [0.1, 0.15) is 36.0 Å². The number of hydrogen-bond acceptors (Lipinski definition) is 5. The molecule has 2 aromatic rings. The smallest absolute Gasteiger partial charge is 0.226 e. The summed E-state index contributed by atoms with van der Waals surface area (Å²) in [4.78, 5) is 16.2. The van der Waals surface area contributed by atoms with Crippen molar-refractivity contribution in [1.82, 2.24) is 15.5 Å². The summed E-state index contributed by atoms with van der Waals surface area (Å²) < 4.78 is 10.8. The second-order valence-electron chi connectivity index (χ2n) is 5.49. The van der Waals surface area contributed by atoms with Crippen LogP contribution in [0.25, 0.3) is 0 Å². The molecular formula is C16H19N3O3. The van der Waals surface area contributed by atoms with E-state index in [-0.39, 0.29) is 24.5 Å². The summed E-state index contributed by atoms with van der Waals surface area (Å²) in [6, 6.07) is 5.60. The van der Waals surface area contributed by atoms with Crippen molar-refractivity contribution in [2.45, 2.75) is 38.3 Å². The minimum Gasteiger partial charge on any atom is -0.371 e. The standard InChI is InChI=1S/C16H19N3O3/c1-11-9-13(19-22-11)10-15(20)18-14-3-2-8-21-16(14)12-4-6-17-7-5-12/h4-7,9,14,16H,2-3,8,10H2,1H3,(H,18,20)/t14-,16+/m0/s1. The Morgan fingerprint density at radius 1 is 1.41 bits per heavy atom. The molecule has 6 heteroatoms. The first-order valence-electron chi connectivity index (χ1n) is 7.45. The van der Waals surface area contributed by atoms with Crippen molar-refractivity contribution in [1.29, 1.82) is 0 Å². The van der Waals surface area contributed by atoms with E-state index in [4.69, 9.17) is 9.26 Å². The van der Waals surface area contributed by atoms with Gasteiger partial charge >= 0.3 is 0 Å². The summed E-state index contributed by atoms with van der Waals surface area (Å²) in [5, 5.41) is 6.91. The van der Waals surface area contributed by atoms with E-state index in [1.807, 2.05) is 19.1 Å². The molecule has 1 fully saturated rings. The third-order valence-electron chi connectivity index (χ3n) is 3.72. The Kier molecular flexibility index (Phi) is 4.48. The van der Waals surface area contributed by atoms with Gasteiger partial charge in [0, 0.05) is 25.1 Å². The van der Waals surface area contributed by atoms with E-state index in [9.17, 15) is 4.79 Å². The van der Waals surface area contributed by atoms with Crippen LogP contribution in [-0.2, 0) is 16.0 Å². The summed E-state index contributed by atoms with van der Waals surface area (Å²) in [5.74, 6) is 0.640. The van der Waals surface area contributed by atoms with Crippen molar-refractivity contribution in [3.05, 3.63) is 47.6 Å². The molecule has 6 nitrogen and oxygen atoms in total. The summed E-state index contributed by atoms with van der Waals surface area (Å²) in [6.07, 6.45) is 5.41. The molecule has 1 N–H and O–H groups in total. The van der Waals surface area contributed by atoms with Crippen LogP contribution < -0.4 is 5.32 Å². The number of aromatic nitrogens is 2. The molecule has 1 aliphatic rings. The Morgan fingerprint density at radius 2 is 2.23 bits per heavy atom. The molecule has 22 heavy (non-hydrogen) atoms. The lowest BCUT2D eigenvalue weighted by atomic mass is 9.96. The van der Waals surface area contributed by atoms with Gasteiger partial charge in [-0.15, -0.1) is 0 Å². The van der Waals surface area contributed by atoms with Gasteiger partial charge in [0.25, 0.3) is 0 Å². The van der Waals surface area contributed by atoms with Gasteiger partial charge in [0.1, 0.15) is 11.9 Å². The number of aryl methyl sites for hydroxylation is 1. The Labute approximate surface area is 128 Å². The Bertz CT molecular complexity index is 627. The topological polar surface area (TPSA) is 77.2 Å². The highest BCUT2D eigenvalue weighted by molar-refractivity contribution is 5.78. The molecular weight excluding hydrogens is 282 g/mol. The Balaban J connectivity index is 1.65. The highest BCUT2D eigenvalue weighted by Crippen LogP contribution is 2.28. The van der Waals surface area contributed by atoms with Crippen molar-refractivity contribution in [3.63, 3.8) is 0 Å². The van der Waals surface area contributed by atoms with Crippen LogP contribution >= 0.6 is 0 Å². The van der Waals surface area contributed by atoms with Crippen LogP contribution in [0, 0.1) is 6.92 Å². The van der Waals surface area contributed by atoms with Gasteiger partial charge in [-0.1, -0.05) is 5.16 Å². The Morgan fingerprint density at radius 3 is 2.95 bits per heavy atom. The van der Waals surface area contributed by atoms with Crippen LogP contribution in [0.4, 0.5) is 0 Å². The van der Waals surface area contributed by atoms with Crippen molar-refractivity contribution >= 4 is 5.91 Å². The molecule has 0 radical (unpaired) electrons. The van der Waals surface area contributed by atoms with E-state index < -0.39 is 0 Å². The van der Waals surface area contributed by atoms with Crippen molar-refractivity contribution in [2.24, 2.45) is 0 Å². The number of ether oxygens (including phenoxy) is 1. The summed E-state index contributed by atoms with van der Waals surface area (Å²) >= 11 is 0. The predicted octanol–water partition coefficient (Wildman–Crippen LogP) is 1.96. The highest BCUT2D eigenvalue weighted by atomic mass is 16.5. The lowest BCUT2D eigenvalue weighted by molar-refractivity contribution is -0.123. The molecule has 0 unspecified atom stereocenters. The minimum atomic E-state index is -0.125. The molecule has 0 aromatic carbocycles. The maximum Gasteiger partial charge on any atom is 0.226 e. The van der Waals surface area contributed by atoms with E-state index >= 15 is 0 Å². The van der Waals surface area contributed by atoms with Gasteiger partial charge in [0.15, 0.2) is 0 Å². The van der Waals surface area contributed by atoms with E-state index in [0.29, 0.717) is 18.1 Å². The minimum absolute atomic E-state index is 0.0309. The van der Waals surface area contributed by atoms with E-state index in [2.05, 4.69) is 15.5 Å². The van der Waals surface area contributed by atoms with E-state index in [1.165, 1.54) is 0 Å². The first-order chi connectivity index (χ1) is 10.7. The molecule has 116 valence electrons. The third kappa shape index (κ3) is 3.51. The van der Waals surface area contributed by atoms with Crippen molar-refractivity contribution in [3.8, 4) is 0 Å². The van der Waals surface area contributed by atoms with Crippen molar-refractivity contribution in [2.75, 3.05) is 6.61 Å². The zero-order chi connectivity index (χ0) is 15.4. The SMILES string of the molecule is Cc1cc(CC(=O)N[C@H]2CCCO[C@@H]2c2ccncc2)no1. The number of nitrogens with zero attached hydrogens (tertiary/aromatic N) is 2. The zero-order valence-electron chi connectivity index (χ0n) is 12.5. The molecule has 2 atom stereocenters. The number of amides is 1. The van der Waals surface area contributed by atoms with Gasteiger partial charge in [-0.3, -0.25) is 9.78 Å². The summed E-state index contributed by atoms with van der Waals surface area (Å²) in [7, 11) is 0. The summed E-state index contributed by atoms with van der Waals surface area (Å²) in [5.41, 5.74) is 1.68. The molecule has 1 aliphatic heterocycles. The molecule has 2 aromatic heterocycles. The number of nitrogens with one attached hydrogen (secondary N) is 1. The van der Waals surface area contributed by atoms with Crippen LogP contribution in [0.15, 0.2) is 35.1 Å². The quantitative estimate of drug-likeness (QED) is 0.934. The lowest BCUT2D eigenvalue weighted by Crippen LogP contribution is -2.43. The Hall–Kier alpha value is -2.21. The van der Waals surface area contributed by atoms with Crippen molar-refractivity contribution < 1.29 is 14.1 Å². The largest absolute Gasteiger partial charge is 0.371 e. The van der Waals surface area contributed by atoms with Gasteiger partial charge in [0.2, 0.25) is 5.91 Å². The summed E-state index contributed by atoms with van der Waals surface area (Å²) in [6.45, 7) is 2.52. The molecule has 1 saturated heterocycles. The average Bonchev–Trinajstić information content (AvgIpc) is 2.93. The zero-order valence-corrected chi connectivity index (χ0v) is 12.5. The number of rotatable bonds is 4. The second-order valence-corrected chi connectivity index (χ2v) is 5.49. The van der Waals surface area contributed by atoms with Gasteiger partial charge in [-0.05, 0) is 37.5 Å². The van der Waals surface area contributed by atoms with Crippen LogP contribution in [0.3, 0.4) is 0 Å². The molecule has 0 spiro atoms. The number of pyridine rings is 1. The van der Waals surface area contributed by atoms with Gasteiger partial charge in [-0.25, -0.2) is 0 Å². The second kappa shape index (κ2) is 6.70. The normalized spacial score (nSPS) is 21.5. The van der Waals surface area contributed by atoms with Gasteiger partial charge in [-0.2, -0.15) is 0 Å². The monoisotopic (exact) mass is 301 g/mol. The number of carbonyl (C=O) groups excluding carboxylic acids is 1. The maximum absolute atomic E-state index is 12.2.